The van der Waals surface area contributed by atoms with Gasteiger partial charge in [0.05, 0.1) is 30.5 Å². The highest BCUT2D eigenvalue weighted by Crippen LogP contribution is 2.25. The van der Waals surface area contributed by atoms with Gasteiger partial charge in [-0.3, -0.25) is 4.90 Å². The van der Waals surface area contributed by atoms with E-state index in [4.69, 9.17) is 4.74 Å². The SMILES string of the molecule is c1ccc(-n2ncc3c(SCCN4CCOCC4)ncnc32)cc1. The monoisotopic (exact) mass is 341 g/mol. The number of hydrogen-bond donors (Lipinski definition) is 0. The zero-order chi connectivity index (χ0) is 16.2. The Morgan fingerprint density at radius 1 is 1.08 bits per heavy atom. The molecule has 0 unspecified atom stereocenters. The molecule has 0 N–H and O–H groups in total. The molecule has 3 aromatic rings. The minimum absolute atomic E-state index is 0.840. The third kappa shape index (κ3) is 3.28. The summed E-state index contributed by atoms with van der Waals surface area (Å²) >= 11 is 1.77. The van der Waals surface area contributed by atoms with Gasteiger partial charge in [0.25, 0.3) is 0 Å². The highest BCUT2D eigenvalue weighted by Gasteiger charge is 2.13. The minimum Gasteiger partial charge on any atom is -0.379 e. The number of fused-ring (bicyclic) bond motifs is 1. The van der Waals surface area contributed by atoms with E-state index in [1.54, 1.807) is 18.1 Å². The van der Waals surface area contributed by atoms with Crippen molar-refractivity contribution in [3.63, 3.8) is 0 Å². The predicted octanol–water partition coefficient (Wildman–Crippen LogP) is 2.24. The van der Waals surface area contributed by atoms with Gasteiger partial charge >= 0.3 is 0 Å². The van der Waals surface area contributed by atoms with E-state index >= 15 is 0 Å². The summed E-state index contributed by atoms with van der Waals surface area (Å²) in [4.78, 5) is 11.3. The van der Waals surface area contributed by atoms with E-state index in [1.807, 2.05) is 41.2 Å². The van der Waals surface area contributed by atoms with E-state index in [1.165, 1.54) is 0 Å². The van der Waals surface area contributed by atoms with Gasteiger partial charge in [-0.1, -0.05) is 18.2 Å². The lowest BCUT2D eigenvalue weighted by molar-refractivity contribution is 0.0410. The quantitative estimate of drug-likeness (QED) is 0.524. The molecule has 0 aliphatic carbocycles. The highest BCUT2D eigenvalue weighted by atomic mass is 32.2. The first-order valence-electron chi connectivity index (χ1n) is 8.09. The summed E-state index contributed by atoms with van der Waals surface area (Å²) in [6.07, 6.45) is 3.49. The normalized spacial score (nSPS) is 15.8. The first-order chi connectivity index (χ1) is 11.9. The van der Waals surface area contributed by atoms with Crippen LogP contribution in [-0.2, 0) is 4.74 Å². The molecule has 1 aromatic carbocycles. The minimum atomic E-state index is 0.840. The first-order valence-corrected chi connectivity index (χ1v) is 9.07. The third-order valence-electron chi connectivity index (χ3n) is 4.08. The topological polar surface area (TPSA) is 56.1 Å². The number of nitrogens with zero attached hydrogens (tertiary/aromatic N) is 5. The summed E-state index contributed by atoms with van der Waals surface area (Å²) < 4.78 is 7.25. The van der Waals surface area contributed by atoms with Crippen molar-refractivity contribution in [2.24, 2.45) is 0 Å². The van der Waals surface area contributed by atoms with Crippen LogP contribution in [0.2, 0.25) is 0 Å². The van der Waals surface area contributed by atoms with E-state index < -0.39 is 0 Å². The Morgan fingerprint density at radius 2 is 1.92 bits per heavy atom. The molecule has 1 saturated heterocycles. The van der Waals surface area contributed by atoms with Crippen molar-refractivity contribution < 1.29 is 4.74 Å². The smallest absolute Gasteiger partial charge is 0.167 e. The molecule has 124 valence electrons. The Kier molecular flexibility index (Phi) is 4.73. The lowest BCUT2D eigenvalue weighted by Crippen LogP contribution is -2.37. The molecule has 4 rings (SSSR count). The molecule has 6 nitrogen and oxygen atoms in total. The summed E-state index contributed by atoms with van der Waals surface area (Å²) in [7, 11) is 0. The second-order valence-electron chi connectivity index (χ2n) is 5.61. The Bertz CT molecular complexity index is 801. The number of thioether (sulfide) groups is 1. The molecular formula is C17H19N5OS. The molecule has 2 aromatic heterocycles. The number of rotatable bonds is 5. The van der Waals surface area contributed by atoms with Gasteiger partial charge in [-0.15, -0.1) is 11.8 Å². The van der Waals surface area contributed by atoms with Crippen molar-refractivity contribution >= 4 is 22.8 Å². The van der Waals surface area contributed by atoms with Gasteiger partial charge in [0.1, 0.15) is 11.4 Å². The molecule has 0 radical (unpaired) electrons. The molecule has 0 bridgehead atoms. The van der Waals surface area contributed by atoms with Crippen LogP contribution in [0.3, 0.4) is 0 Å². The van der Waals surface area contributed by atoms with Crippen molar-refractivity contribution in [1.82, 2.24) is 24.6 Å². The maximum atomic E-state index is 5.39. The van der Waals surface area contributed by atoms with Crippen LogP contribution in [-0.4, -0.2) is 63.2 Å². The standard InChI is InChI=1S/C17H19N5OS/c1-2-4-14(5-3-1)22-16-15(12-20-22)17(19-13-18-16)24-11-8-21-6-9-23-10-7-21/h1-5,12-13H,6-11H2. The third-order valence-corrected chi connectivity index (χ3v) is 5.07. The van der Waals surface area contributed by atoms with Crippen molar-refractivity contribution in [3.05, 3.63) is 42.9 Å². The van der Waals surface area contributed by atoms with Crippen LogP contribution in [0.4, 0.5) is 0 Å². The number of morpholine rings is 1. The number of aromatic nitrogens is 4. The van der Waals surface area contributed by atoms with E-state index in [0.29, 0.717) is 0 Å². The largest absolute Gasteiger partial charge is 0.379 e. The summed E-state index contributed by atoms with van der Waals surface area (Å²) in [5.74, 6) is 1.00. The lowest BCUT2D eigenvalue weighted by atomic mass is 10.3. The fourth-order valence-corrected chi connectivity index (χ4v) is 3.76. The second kappa shape index (κ2) is 7.29. The summed E-state index contributed by atoms with van der Waals surface area (Å²) in [5.41, 5.74) is 1.86. The first kappa shape index (κ1) is 15.6. The highest BCUT2D eigenvalue weighted by molar-refractivity contribution is 7.99. The lowest BCUT2D eigenvalue weighted by Gasteiger charge is -2.26. The van der Waals surface area contributed by atoms with E-state index in [0.717, 1.165) is 60.3 Å². The molecule has 1 aliphatic heterocycles. The van der Waals surface area contributed by atoms with Crippen LogP contribution in [0, 0.1) is 0 Å². The van der Waals surface area contributed by atoms with Gasteiger partial charge in [0.15, 0.2) is 5.65 Å². The number of benzene rings is 1. The second-order valence-corrected chi connectivity index (χ2v) is 6.69. The van der Waals surface area contributed by atoms with E-state index in [9.17, 15) is 0 Å². The number of hydrogen-bond acceptors (Lipinski definition) is 6. The van der Waals surface area contributed by atoms with Gasteiger partial charge in [-0.2, -0.15) is 5.10 Å². The Hall–Kier alpha value is -1.96. The van der Waals surface area contributed by atoms with Crippen molar-refractivity contribution in [1.29, 1.82) is 0 Å². The molecule has 0 saturated carbocycles. The van der Waals surface area contributed by atoms with Crippen LogP contribution >= 0.6 is 11.8 Å². The Balaban J connectivity index is 1.51. The predicted molar refractivity (Wildman–Crippen MR) is 94.6 cm³/mol. The van der Waals surface area contributed by atoms with Gasteiger partial charge in [-0.25, -0.2) is 14.6 Å². The summed E-state index contributed by atoms with van der Waals surface area (Å²) in [6, 6.07) is 10.1. The molecule has 0 amide bonds. The molecular weight excluding hydrogens is 322 g/mol. The van der Waals surface area contributed by atoms with Gasteiger partial charge in [-0.05, 0) is 12.1 Å². The van der Waals surface area contributed by atoms with Crippen LogP contribution in [0.5, 0.6) is 0 Å². The molecule has 1 aliphatic rings. The summed E-state index contributed by atoms with van der Waals surface area (Å²) in [5, 5.41) is 6.50. The Morgan fingerprint density at radius 3 is 2.75 bits per heavy atom. The Labute approximate surface area is 144 Å². The molecule has 3 heterocycles. The van der Waals surface area contributed by atoms with Crippen molar-refractivity contribution in [2.45, 2.75) is 5.03 Å². The zero-order valence-electron chi connectivity index (χ0n) is 13.3. The maximum Gasteiger partial charge on any atom is 0.167 e. The van der Waals surface area contributed by atoms with Crippen LogP contribution < -0.4 is 0 Å². The van der Waals surface area contributed by atoms with Crippen molar-refractivity contribution in [3.8, 4) is 5.69 Å². The number of para-hydroxylation sites is 1. The van der Waals surface area contributed by atoms with Crippen molar-refractivity contribution in [2.75, 3.05) is 38.6 Å². The number of ether oxygens (including phenoxy) is 1. The van der Waals surface area contributed by atoms with Gasteiger partial charge < -0.3 is 4.74 Å². The average Bonchev–Trinajstić information content (AvgIpc) is 3.08. The molecule has 0 spiro atoms. The van der Waals surface area contributed by atoms with Gasteiger partial charge in [0, 0.05) is 25.4 Å². The fourth-order valence-electron chi connectivity index (χ4n) is 2.79. The molecule has 24 heavy (non-hydrogen) atoms. The maximum absolute atomic E-state index is 5.39. The molecule has 1 fully saturated rings. The zero-order valence-corrected chi connectivity index (χ0v) is 14.2. The van der Waals surface area contributed by atoms with E-state index in [-0.39, 0.29) is 0 Å². The van der Waals surface area contributed by atoms with Crippen LogP contribution in [0.15, 0.2) is 47.9 Å². The molecule has 7 heteroatoms. The summed E-state index contributed by atoms with van der Waals surface area (Å²) in [6.45, 7) is 4.77. The van der Waals surface area contributed by atoms with E-state index in [2.05, 4.69) is 20.0 Å². The molecule has 0 atom stereocenters. The fraction of sp³-hybridized carbons (Fsp3) is 0.353. The average molecular weight is 341 g/mol. The van der Waals surface area contributed by atoms with Gasteiger partial charge in [0.2, 0.25) is 0 Å². The van der Waals surface area contributed by atoms with Crippen LogP contribution in [0.1, 0.15) is 0 Å². The van der Waals surface area contributed by atoms with Crippen LogP contribution in [0.25, 0.3) is 16.7 Å².